The van der Waals surface area contributed by atoms with Gasteiger partial charge in [0.25, 0.3) is 0 Å². The van der Waals surface area contributed by atoms with Crippen LogP contribution in [-0.4, -0.2) is 51.6 Å². The van der Waals surface area contributed by atoms with Gasteiger partial charge in [0, 0.05) is 37.7 Å². The number of rotatable bonds is 3. The van der Waals surface area contributed by atoms with Crippen molar-refractivity contribution in [2.24, 2.45) is 0 Å². The van der Waals surface area contributed by atoms with E-state index in [0.717, 1.165) is 19.3 Å². The molecule has 7 nitrogen and oxygen atoms in total. The molecular formula is C20H22FN5O2. The molecule has 0 amide bonds. The maximum absolute atomic E-state index is 14.8. The Kier molecular flexibility index (Phi) is 3.97. The lowest BCUT2D eigenvalue weighted by Gasteiger charge is -2.38. The number of aromatic nitrogens is 3. The van der Waals surface area contributed by atoms with Crippen LogP contribution in [0.3, 0.4) is 0 Å². The quantitative estimate of drug-likeness (QED) is 0.719. The number of oxazole rings is 1. The maximum Gasteiger partial charge on any atom is 0.192 e. The lowest BCUT2D eigenvalue weighted by molar-refractivity contribution is 0.176. The van der Waals surface area contributed by atoms with E-state index >= 15 is 0 Å². The van der Waals surface area contributed by atoms with Crippen LogP contribution in [0.2, 0.25) is 0 Å². The van der Waals surface area contributed by atoms with Gasteiger partial charge >= 0.3 is 0 Å². The van der Waals surface area contributed by atoms with Gasteiger partial charge in [-0.15, -0.1) is 10.2 Å². The molecule has 8 heteroatoms. The summed E-state index contributed by atoms with van der Waals surface area (Å²) < 4.78 is 20.4. The number of halogens is 1. The summed E-state index contributed by atoms with van der Waals surface area (Å²) in [6.45, 7) is 1.76. The van der Waals surface area contributed by atoms with Crippen LogP contribution < -0.4 is 10.2 Å². The number of phenols is 1. The highest BCUT2D eigenvalue weighted by Crippen LogP contribution is 2.35. The largest absolute Gasteiger partial charge is 0.507 e. The number of phenolic OH excluding ortho intramolecular Hbond substituents is 1. The SMILES string of the molecule is Cc1nc2cc(O)c(-c3ccc(N(C)[C@@H]4CC5CCC(N5)[C@H]4F)nn3)cc2o1. The van der Waals surface area contributed by atoms with Gasteiger partial charge in [-0.25, -0.2) is 9.37 Å². The van der Waals surface area contributed by atoms with Crippen molar-refractivity contribution in [3.05, 3.63) is 30.2 Å². The van der Waals surface area contributed by atoms with Gasteiger partial charge in [0.1, 0.15) is 17.4 Å². The third-order valence-electron chi connectivity index (χ3n) is 5.95. The first-order valence-corrected chi connectivity index (χ1v) is 9.57. The highest BCUT2D eigenvalue weighted by molar-refractivity contribution is 5.83. The fraction of sp³-hybridized carbons (Fsp3) is 0.450. The van der Waals surface area contributed by atoms with E-state index in [9.17, 15) is 9.50 Å². The van der Waals surface area contributed by atoms with Crippen molar-refractivity contribution in [2.45, 2.75) is 50.5 Å². The number of aromatic hydroxyl groups is 1. The molecule has 2 fully saturated rings. The highest BCUT2D eigenvalue weighted by atomic mass is 19.1. The van der Waals surface area contributed by atoms with Gasteiger partial charge in [0.15, 0.2) is 17.3 Å². The molecule has 4 heterocycles. The van der Waals surface area contributed by atoms with Gasteiger partial charge in [-0.05, 0) is 37.5 Å². The Labute approximate surface area is 161 Å². The summed E-state index contributed by atoms with van der Waals surface area (Å²) >= 11 is 0. The summed E-state index contributed by atoms with van der Waals surface area (Å²) in [5, 5.41) is 22.2. The van der Waals surface area contributed by atoms with Crippen molar-refractivity contribution in [1.29, 1.82) is 0 Å². The average molecular weight is 383 g/mol. The van der Waals surface area contributed by atoms with Crippen LogP contribution in [0.4, 0.5) is 10.2 Å². The molecule has 0 saturated carbocycles. The van der Waals surface area contributed by atoms with E-state index in [-0.39, 0.29) is 17.8 Å². The first-order chi connectivity index (χ1) is 13.5. The smallest absolute Gasteiger partial charge is 0.192 e. The number of fused-ring (bicyclic) bond motifs is 3. The van der Waals surface area contributed by atoms with E-state index < -0.39 is 6.17 Å². The molecule has 2 unspecified atom stereocenters. The van der Waals surface area contributed by atoms with Gasteiger partial charge in [0.2, 0.25) is 0 Å². The van der Waals surface area contributed by atoms with Crippen molar-refractivity contribution in [3.63, 3.8) is 0 Å². The Morgan fingerprint density at radius 2 is 2.11 bits per heavy atom. The standard InChI is InChI=1S/C20H22FN5O2/c1-10-22-15-9-17(27)12(8-18(15)28-10)13-5-6-19(25-24-13)26(2)16-7-11-3-4-14(23-11)20(16)21/h5-6,8-9,11,14,16,20,23,27H,3-4,7H2,1-2H3/t11?,14?,16-,20-/m1/s1. The molecule has 0 spiro atoms. The Hall–Kier alpha value is -2.74. The van der Waals surface area contributed by atoms with Crippen molar-refractivity contribution >= 4 is 16.9 Å². The molecule has 2 aromatic heterocycles. The van der Waals surface area contributed by atoms with E-state index in [0.29, 0.717) is 40.1 Å². The van der Waals surface area contributed by atoms with Crippen LogP contribution in [0.1, 0.15) is 25.2 Å². The second-order valence-corrected chi connectivity index (χ2v) is 7.75. The minimum absolute atomic E-state index is 0.0625. The molecule has 2 aliphatic heterocycles. The third-order valence-corrected chi connectivity index (χ3v) is 5.95. The van der Waals surface area contributed by atoms with E-state index in [1.54, 1.807) is 25.1 Å². The molecule has 146 valence electrons. The fourth-order valence-electron chi connectivity index (χ4n) is 4.46. The Balaban J connectivity index is 1.42. The number of aryl methyl sites for hydroxylation is 1. The summed E-state index contributed by atoms with van der Waals surface area (Å²) in [7, 11) is 1.87. The molecule has 2 saturated heterocycles. The molecule has 3 aromatic rings. The number of benzene rings is 1. The summed E-state index contributed by atoms with van der Waals surface area (Å²) in [6, 6.07) is 6.97. The number of piperidine rings is 1. The maximum atomic E-state index is 14.8. The average Bonchev–Trinajstić information content (AvgIpc) is 3.26. The van der Waals surface area contributed by atoms with Gasteiger partial charge in [-0.3, -0.25) is 0 Å². The zero-order valence-electron chi connectivity index (χ0n) is 15.8. The molecular weight excluding hydrogens is 361 g/mol. The number of nitrogens with one attached hydrogen (secondary N) is 1. The number of hydrogen-bond donors (Lipinski definition) is 2. The van der Waals surface area contributed by atoms with Gasteiger partial charge in [-0.1, -0.05) is 0 Å². The molecule has 2 aliphatic rings. The van der Waals surface area contributed by atoms with Crippen molar-refractivity contribution in [3.8, 4) is 17.0 Å². The first-order valence-electron chi connectivity index (χ1n) is 9.57. The first kappa shape index (κ1) is 17.4. The Bertz CT molecular complexity index is 1020. The topological polar surface area (TPSA) is 87.3 Å². The number of nitrogens with zero attached hydrogens (tertiary/aromatic N) is 4. The fourth-order valence-corrected chi connectivity index (χ4v) is 4.46. The van der Waals surface area contributed by atoms with E-state index in [2.05, 4.69) is 20.5 Å². The van der Waals surface area contributed by atoms with Crippen LogP contribution >= 0.6 is 0 Å². The molecule has 0 aliphatic carbocycles. The normalized spacial score (nSPS) is 26.7. The monoisotopic (exact) mass is 383 g/mol. The van der Waals surface area contributed by atoms with E-state index in [4.69, 9.17) is 4.42 Å². The van der Waals surface area contributed by atoms with Crippen LogP contribution in [0.5, 0.6) is 5.75 Å². The molecule has 28 heavy (non-hydrogen) atoms. The summed E-state index contributed by atoms with van der Waals surface area (Å²) in [6.07, 6.45) is 1.76. The second kappa shape index (κ2) is 6.41. The van der Waals surface area contributed by atoms with Crippen LogP contribution in [0.25, 0.3) is 22.4 Å². The molecule has 5 rings (SSSR count). The summed E-state index contributed by atoms with van der Waals surface area (Å²) in [5.74, 6) is 1.22. The van der Waals surface area contributed by atoms with Gasteiger partial charge < -0.3 is 19.7 Å². The second-order valence-electron chi connectivity index (χ2n) is 7.75. The highest BCUT2D eigenvalue weighted by Gasteiger charge is 2.43. The van der Waals surface area contributed by atoms with E-state index in [1.165, 1.54) is 0 Å². The number of alkyl halides is 1. The molecule has 4 atom stereocenters. The Morgan fingerprint density at radius 3 is 2.89 bits per heavy atom. The summed E-state index contributed by atoms with van der Waals surface area (Å²) in [4.78, 5) is 6.10. The molecule has 2 bridgehead atoms. The van der Waals surface area contributed by atoms with Crippen LogP contribution in [0, 0.1) is 6.92 Å². The zero-order valence-corrected chi connectivity index (χ0v) is 15.8. The van der Waals surface area contributed by atoms with Crippen LogP contribution in [0.15, 0.2) is 28.7 Å². The van der Waals surface area contributed by atoms with E-state index in [1.807, 2.05) is 18.0 Å². The van der Waals surface area contributed by atoms with Crippen LogP contribution in [-0.2, 0) is 0 Å². The minimum atomic E-state index is -0.925. The zero-order chi connectivity index (χ0) is 19.4. The summed E-state index contributed by atoms with van der Waals surface area (Å²) in [5.41, 5.74) is 2.22. The molecule has 1 aromatic carbocycles. The molecule has 2 N–H and O–H groups in total. The van der Waals surface area contributed by atoms with Crippen molar-refractivity contribution in [1.82, 2.24) is 20.5 Å². The predicted octanol–water partition coefficient (Wildman–Crippen LogP) is 2.97. The third kappa shape index (κ3) is 2.79. The molecule has 0 radical (unpaired) electrons. The van der Waals surface area contributed by atoms with Crippen molar-refractivity contribution in [2.75, 3.05) is 11.9 Å². The Morgan fingerprint density at radius 1 is 1.25 bits per heavy atom. The number of anilines is 1. The predicted molar refractivity (Wildman–Crippen MR) is 103 cm³/mol. The van der Waals surface area contributed by atoms with Crippen molar-refractivity contribution < 1.29 is 13.9 Å². The number of hydrogen-bond acceptors (Lipinski definition) is 7. The minimum Gasteiger partial charge on any atom is -0.507 e. The van der Waals surface area contributed by atoms with Gasteiger partial charge in [-0.2, -0.15) is 0 Å². The van der Waals surface area contributed by atoms with Gasteiger partial charge in [0.05, 0.1) is 11.7 Å². The lowest BCUT2D eigenvalue weighted by atomic mass is 9.96. The lowest BCUT2D eigenvalue weighted by Crippen LogP contribution is -2.55.